The van der Waals surface area contributed by atoms with Crippen LogP contribution in [-0.2, 0) is 17.9 Å². The number of fused-ring (bicyclic) bond motifs is 1. The van der Waals surface area contributed by atoms with Crippen LogP contribution in [0.15, 0.2) is 29.3 Å². The van der Waals surface area contributed by atoms with Crippen LogP contribution in [0, 0.1) is 0 Å². The van der Waals surface area contributed by atoms with E-state index in [1.54, 1.807) is 7.05 Å². The maximum atomic E-state index is 12.5. The molecule has 0 radical (unpaired) electrons. The molecule has 1 aromatic rings. The van der Waals surface area contributed by atoms with Crippen molar-refractivity contribution in [2.75, 3.05) is 33.2 Å². The van der Waals surface area contributed by atoms with E-state index in [9.17, 15) is 4.79 Å². The number of guanidine groups is 1. The van der Waals surface area contributed by atoms with Crippen molar-refractivity contribution in [3.63, 3.8) is 0 Å². The molecule has 2 aliphatic rings. The van der Waals surface area contributed by atoms with Gasteiger partial charge in [-0.05, 0) is 43.4 Å². The molecule has 2 N–H and O–H groups in total. The maximum Gasteiger partial charge on any atom is 0.223 e. The Morgan fingerprint density at radius 2 is 1.83 bits per heavy atom. The molecule has 0 saturated carbocycles. The first-order chi connectivity index (χ1) is 14.2. The summed E-state index contributed by atoms with van der Waals surface area (Å²) in [5.41, 5.74) is 2.56. The summed E-state index contributed by atoms with van der Waals surface area (Å²) in [5.74, 6) is 1.07. The van der Waals surface area contributed by atoms with Crippen LogP contribution in [0.25, 0.3) is 0 Å². The van der Waals surface area contributed by atoms with Crippen molar-refractivity contribution < 1.29 is 4.79 Å². The Balaban J connectivity index is 0.00000320. The Morgan fingerprint density at radius 1 is 1.13 bits per heavy atom. The predicted molar refractivity (Wildman–Crippen MR) is 134 cm³/mol. The number of amides is 1. The molecule has 1 unspecified atom stereocenters. The summed E-state index contributed by atoms with van der Waals surface area (Å²) in [6.45, 7) is 7.73. The zero-order valence-electron chi connectivity index (χ0n) is 18.5. The fourth-order valence-electron chi connectivity index (χ4n) is 4.47. The highest BCUT2D eigenvalue weighted by Crippen LogP contribution is 2.23. The summed E-state index contributed by atoms with van der Waals surface area (Å²) in [4.78, 5) is 21.4. The Bertz CT molecular complexity index is 671. The van der Waals surface area contributed by atoms with Gasteiger partial charge in [-0.1, -0.05) is 37.6 Å². The summed E-state index contributed by atoms with van der Waals surface area (Å²) < 4.78 is 0. The first-order valence-electron chi connectivity index (χ1n) is 11.2. The lowest BCUT2D eigenvalue weighted by atomic mass is 10.0. The third-order valence-electron chi connectivity index (χ3n) is 6.19. The van der Waals surface area contributed by atoms with Gasteiger partial charge < -0.3 is 15.5 Å². The topological polar surface area (TPSA) is 60.0 Å². The van der Waals surface area contributed by atoms with Gasteiger partial charge >= 0.3 is 0 Å². The fourth-order valence-corrected chi connectivity index (χ4v) is 4.47. The number of carbonyl (C=O) groups excluding carboxylic acids is 1. The average molecular weight is 527 g/mol. The molecule has 168 valence electrons. The zero-order chi connectivity index (χ0) is 20.5. The van der Waals surface area contributed by atoms with E-state index in [-0.39, 0.29) is 29.9 Å². The van der Waals surface area contributed by atoms with Crippen LogP contribution in [-0.4, -0.2) is 60.9 Å². The first kappa shape index (κ1) is 24.9. The van der Waals surface area contributed by atoms with Crippen LogP contribution in [0.2, 0.25) is 0 Å². The van der Waals surface area contributed by atoms with Gasteiger partial charge in [0.2, 0.25) is 5.91 Å². The molecular weight excluding hydrogens is 489 g/mol. The van der Waals surface area contributed by atoms with Gasteiger partial charge in [0.25, 0.3) is 0 Å². The van der Waals surface area contributed by atoms with Crippen LogP contribution >= 0.6 is 24.0 Å². The standard InChI is InChI=1S/C23H37N5O.HI/c1-3-21-11-6-7-15-27(21)16-14-26-23(24-2)25-13-8-12-22(29)28-17-19-9-4-5-10-20(19)18-28;/h4-5,9-10,21H,3,6-8,11-18H2,1-2H3,(H2,24,25,26);1H. The van der Waals surface area contributed by atoms with Gasteiger partial charge in [-0.15, -0.1) is 24.0 Å². The number of benzene rings is 1. The molecule has 3 rings (SSSR count). The second kappa shape index (κ2) is 13.1. The van der Waals surface area contributed by atoms with Gasteiger partial charge in [0.05, 0.1) is 0 Å². The minimum atomic E-state index is 0. The molecule has 2 aliphatic heterocycles. The van der Waals surface area contributed by atoms with Crippen LogP contribution < -0.4 is 10.6 Å². The number of likely N-dealkylation sites (tertiary alicyclic amines) is 1. The summed E-state index contributed by atoms with van der Waals surface area (Å²) in [5, 5.41) is 6.76. The van der Waals surface area contributed by atoms with Crippen molar-refractivity contribution in [1.29, 1.82) is 0 Å². The second-order valence-electron chi connectivity index (χ2n) is 8.14. The predicted octanol–water partition coefficient (Wildman–Crippen LogP) is 3.36. The summed E-state index contributed by atoms with van der Waals surface area (Å²) in [7, 11) is 1.80. The first-order valence-corrected chi connectivity index (χ1v) is 11.2. The monoisotopic (exact) mass is 527 g/mol. The third kappa shape index (κ3) is 7.11. The van der Waals surface area contributed by atoms with Gasteiger partial charge in [0.15, 0.2) is 5.96 Å². The Kier molecular flexibility index (Phi) is 10.9. The van der Waals surface area contributed by atoms with Gasteiger partial charge in [-0.2, -0.15) is 0 Å². The van der Waals surface area contributed by atoms with E-state index in [2.05, 4.69) is 39.6 Å². The number of piperidine rings is 1. The number of carbonyl (C=O) groups is 1. The molecule has 1 saturated heterocycles. The van der Waals surface area contributed by atoms with Crippen molar-refractivity contribution in [3.05, 3.63) is 35.4 Å². The number of halogens is 1. The minimum Gasteiger partial charge on any atom is -0.356 e. The molecule has 0 aliphatic carbocycles. The number of rotatable bonds is 8. The van der Waals surface area contributed by atoms with Crippen molar-refractivity contribution in [3.8, 4) is 0 Å². The summed E-state index contributed by atoms with van der Waals surface area (Å²) in [6, 6.07) is 9.06. The molecule has 7 heteroatoms. The van der Waals surface area contributed by atoms with Crippen molar-refractivity contribution >= 4 is 35.8 Å². The molecule has 0 spiro atoms. The van der Waals surface area contributed by atoms with E-state index in [0.29, 0.717) is 6.42 Å². The molecule has 1 fully saturated rings. The molecule has 1 amide bonds. The van der Waals surface area contributed by atoms with Gasteiger partial charge in [-0.3, -0.25) is 14.7 Å². The van der Waals surface area contributed by atoms with Gasteiger partial charge in [-0.25, -0.2) is 0 Å². The number of nitrogens with one attached hydrogen (secondary N) is 2. The number of aliphatic imine (C=N–C) groups is 1. The molecular formula is C23H38IN5O. The lowest BCUT2D eigenvalue weighted by Gasteiger charge is -2.35. The largest absolute Gasteiger partial charge is 0.356 e. The lowest BCUT2D eigenvalue weighted by molar-refractivity contribution is -0.131. The van der Waals surface area contributed by atoms with Crippen molar-refractivity contribution in [2.45, 2.75) is 64.6 Å². The van der Waals surface area contributed by atoms with E-state index >= 15 is 0 Å². The molecule has 2 heterocycles. The summed E-state index contributed by atoms with van der Waals surface area (Å²) >= 11 is 0. The fraction of sp³-hybridized carbons (Fsp3) is 0.652. The van der Waals surface area contributed by atoms with Crippen LogP contribution in [0.3, 0.4) is 0 Å². The Labute approximate surface area is 198 Å². The van der Waals surface area contributed by atoms with Crippen LogP contribution in [0.4, 0.5) is 0 Å². The highest BCUT2D eigenvalue weighted by atomic mass is 127. The number of nitrogens with zero attached hydrogens (tertiary/aromatic N) is 3. The SMILES string of the molecule is CCC1CCCCN1CCNC(=NC)NCCCC(=O)N1Cc2ccccc2C1.I. The third-order valence-corrected chi connectivity index (χ3v) is 6.19. The molecule has 1 atom stereocenters. The Hall–Kier alpha value is -1.35. The summed E-state index contributed by atoms with van der Waals surface area (Å²) in [6.07, 6.45) is 6.65. The smallest absolute Gasteiger partial charge is 0.223 e. The maximum absolute atomic E-state index is 12.5. The zero-order valence-corrected chi connectivity index (χ0v) is 20.9. The normalized spacial score (nSPS) is 19.2. The van der Waals surface area contributed by atoms with Crippen molar-refractivity contribution in [2.24, 2.45) is 4.99 Å². The molecule has 0 aromatic heterocycles. The molecule has 6 nitrogen and oxygen atoms in total. The highest BCUT2D eigenvalue weighted by molar-refractivity contribution is 14.0. The highest BCUT2D eigenvalue weighted by Gasteiger charge is 2.22. The van der Waals surface area contributed by atoms with E-state index in [1.165, 1.54) is 43.4 Å². The number of hydrogen-bond acceptors (Lipinski definition) is 3. The van der Waals surface area contributed by atoms with E-state index < -0.39 is 0 Å². The van der Waals surface area contributed by atoms with Crippen LogP contribution in [0.1, 0.15) is 56.6 Å². The van der Waals surface area contributed by atoms with Crippen LogP contribution in [0.5, 0.6) is 0 Å². The molecule has 0 bridgehead atoms. The van der Waals surface area contributed by atoms with Gasteiger partial charge in [0, 0.05) is 52.2 Å². The minimum absolute atomic E-state index is 0. The quantitative estimate of drug-likeness (QED) is 0.236. The van der Waals surface area contributed by atoms with Crippen molar-refractivity contribution in [1.82, 2.24) is 20.4 Å². The van der Waals surface area contributed by atoms with Gasteiger partial charge in [0.1, 0.15) is 0 Å². The van der Waals surface area contributed by atoms with E-state index in [4.69, 9.17) is 0 Å². The number of hydrogen-bond donors (Lipinski definition) is 2. The molecule has 1 aromatic carbocycles. The Morgan fingerprint density at radius 3 is 2.50 bits per heavy atom. The molecule has 30 heavy (non-hydrogen) atoms. The van der Waals surface area contributed by atoms with E-state index in [1.807, 2.05) is 17.0 Å². The lowest BCUT2D eigenvalue weighted by Crippen LogP contribution is -2.46. The second-order valence-corrected chi connectivity index (χ2v) is 8.14. The van der Waals surface area contributed by atoms with E-state index in [0.717, 1.165) is 51.1 Å². The average Bonchev–Trinajstić information content (AvgIpc) is 3.20.